The number of aromatic nitrogens is 2. The molecule has 1 aromatic carbocycles. The number of nitrogens with zero attached hydrogens (tertiary/aromatic N) is 4. The van der Waals surface area contributed by atoms with Crippen molar-refractivity contribution in [2.45, 2.75) is 57.8 Å². The van der Waals surface area contributed by atoms with Crippen LogP contribution >= 0.6 is 0 Å². The van der Waals surface area contributed by atoms with Crippen molar-refractivity contribution in [2.75, 3.05) is 21.7 Å². The first-order valence-electron chi connectivity index (χ1n) is 12.8. The van der Waals surface area contributed by atoms with Crippen LogP contribution in [0.15, 0.2) is 42.7 Å². The summed E-state index contributed by atoms with van der Waals surface area (Å²) in [6.07, 6.45) is 6.08. The van der Waals surface area contributed by atoms with Crippen molar-refractivity contribution in [3.8, 4) is 22.8 Å². The number of ether oxygens (including phenoxy) is 2. The molecule has 0 spiro atoms. The molecule has 0 saturated carbocycles. The Labute approximate surface area is 214 Å². The summed E-state index contributed by atoms with van der Waals surface area (Å²) < 4.78 is 12.3. The van der Waals surface area contributed by atoms with Gasteiger partial charge in [0, 0.05) is 54.0 Å². The Hall–Kier alpha value is -4.14. The molecule has 2 amide bonds. The van der Waals surface area contributed by atoms with Gasteiger partial charge in [-0.3, -0.25) is 9.59 Å². The van der Waals surface area contributed by atoms with E-state index in [1.54, 1.807) is 6.20 Å². The predicted molar refractivity (Wildman–Crippen MR) is 138 cm³/mol. The van der Waals surface area contributed by atoms with Crippen molar-refractivity contribution in [2.24, 2.45) is 0 Å². The van der Waals surface area contributed by atoms with Gasteiger partial charge >= 0.3 is 0 Å². The first kappa shape index (κ1) is 22.1. The van der Waals surface area contributed by atoms with E-state index in [4.69, 9.17) is 9.47 Å². The number of anilines is 4. The highest BCUT2D eigenvalue weighted by Gasteiger charge is 2.42. The lowest BCUT2D eigenvalue weighted by atomic mass is 9.94. The highest BCUT2D eigenvalue weighted by molar-refractivity contribution is 5.98. The van der Waals surface area contributed by atoms with Crippen LogP contribution in [0.25, 0.3) is 11.1 Å². The van der Waals surface area contributed by atoms with E-state index in [9.17, 15) is 9.59 Å². The predicted octanol–water partition coefficient (Wildman–Crippen LogP) is 4.74. The van der Waals surface area contributed by atoms with Crippen LogP contribution in [0.4, 0.5) is 22.9 Å². The molecule has 4 aliphatic heterocycles. The molecule has 2 saturated heterocycles. The van der Waals surface area contributed by atoms with Gasteiger partial charge in [-0.25, -0.2) is 9.97 Å². The Kier molecular flexibility index (Phi) is 4.89. The highest BCUT2D eigenvalue weighted by Crippen LogP contribution is 2.45. The minimum absolute atomic E-state index is 0.0427. The second-order valence-corrected chi connectivity index (χ2v) is 10.1. The minimum Gasteiger partial charge on any atom is -0.485 e. The average molecular weight is 498 g/mol. The van der Waals surface area contributed by atoms with E-state index in [-0.39, 0.29) is 30.1 Å². The zero-order valence-corrected chi connectivity index (χ0v) is 20.7. The van der Waals surface area contributed by atoms with E-state index in [1.165, 1.54) is 0 Å². The Morgan fingerprint density at radius 3 is 2.70 bits per heavy atom. The molecular weight excluding hydrogens is 470 g/mol. The van der Waals surface area contributed by atoms with Crippen molar-refractivity contribution >= 4 is 34.7 Å². The van der Waals surface area contributed by atoms with E-state index in [0.29, 0.717) is 30.2 Å². The lowest BCUT2D eigenvalue weighted by Gasteiger charge is -2.35. The maximum absolute atomic E-state index is 12.6. The van der Waals surface area contributed by atoms with Gasteiger partial charge < -0.3 is 24.6 Å². The van der Waals surface area contributed by atoms with Crippen LogP contribution in [0.5, 0.6) is 11.6 Å². The van der Waals surface area contributed by atoms with Crippen LogP contribution in [-0.2, 0) is 9.59 Å². The fourth-order valence-corrected chi connectivity index (χ4v) is 5.91. The summed E-state index contributed by atoms with van der Waals surface area (Å²) in [7, 11) is 0. The number of hydrogen-bond donors (Lipinski definition) is 1. The van der Waals surface area contributed by atoms with E-state index >= 15 is 0 Å². The number of carbonyl (C=O) groups is 2. The SMILES string of the molecule is CC1Oc2ncc(Nc3cc4c(cn3)-c3ccc(N5CCCC5=O)cc3O[C@H]4C)cc2N2C(=O)CC[C@@H]12. The first-order valence-corrected chi connectivity index (χ1v) is 12.8. The number of rotatable bonds is 3. The van der Waals surface area contributed by atoms with Gasteiger partial charge in [-0.2, -0.15) is 0 Å². The van der Waals surface area contributed by atoms with Crippen LogP contribution in [0, 0.1) is 0 Å². The second kappa shape index (κ2) is 8.19. The maximum atomic E-state index is 12.6. The summed E-state index contributed by atoms with van der Waals surface area (Å²) in [6.45, 7) is 4.74. The van der Waals surface area contributed by atoms with Crippen molar-refractivity contribution in [3.63, 3.8) is 0 Å². The van der Waals surface area contributed by atoms with Gasteiger partial charge in [-0.05, 0) is 51.0 Å². The van der Waals surface area contributed by atoms with Crippen LogP contribution in [-0.4, -0.2) is 40.5 Å². The van der Waals surface area contributed by atoms with Crippen LogP contribution in [0.2, 0.25) is 0 Å². The molecule has 3 aromatic rings. The summed E-state index contributed by atoms with van der Waals surface area (Å²) in [5, 5.41) is 3.34. The molecule has 6 heterocycles. The molecular formula is C28H27N5O4. The molecule has 188 valence electrons. The molecule has 4 aliphatic rings. The maximum Gasteiger partial charge on any atom is 0.238 e. The number of amides is 2. The van der Waals surface area contributed by atoms with E-state index in [1.807, 2.05) is 60.2 Å². The fraction of sp³-hybridized carbons (Fsp3) is 0.357. The normalized spacial score (nSPS) is 23.6. The monoisotopic (exact) mass is 497 g/mol. The van der Waals surface area contributed by atoms with Crippen LogP contribution in [0.1, 0.15) is 51.2 Å². The Bertz CT molecular complexity index is 1460. The van der Waals surface area contributed by atoms with Gasteiger partial charge in [0.2, 0.25) is 17.7 Å². The van der Waals surface area contributed by atoms with Gasteiger partial charge in [-0.1, -0.05) is 0 Å². The Morgan fingerprint density at radius 1 is 0.973 bits per heavy atom. The molecule has 0 aliphatic carbocycles. The number of carbonyl (C=O) groups excluding carboxylic acids is 2. The van der Waals surface area contributed by atoms with Crippen LogP contribution < -0.4 is 24.6 Å². The summed E-state index contributed by atoms with van der Waals surface area (Å²) in [5.74, 6) is 2.17. The Balaban J connectivity index is 1.18. The summed E-state index contributed by atoms with van der Waals surface area (Å²) in [6, 6.07) is 9.88. The third-order valence-electron chi connectivity index (χ3n) is 7.78. The summed E-state index contributed by atoms with van der Waals surface area (Å²) in [4.78, 5) is 37.6. The quantitative estimate of drug-likeness (QED) is 0.558. The van der Waals surface area contributed by atoms with Crippen LogP contribution in [0.3, 0.4) is 0 Å². The van der Waals surface area contributed by atoms with E-state index in [2.05, 4.69) is 15.3 Å². The number of benzene rings is 1. The molecule has 1 unspecified atom stereocenters. The molecule has 2 aromatic heterocycles. The van der Waals surface area contributed by atoms with Gasteiger partial charge in [0.15, 0.2) is 0 Å². The molecule has 2 fully saturated rings. The fourth-order valence-electron chi connectivity index (χ4n) is 5.91. The highest BCUT2D eigenvalue weighted by atomic mass is 16.5. The number of fused-ring (bicyclic) bond motifs is 6. The number of hydrogen-bond acceptors (Lipinski definition) is 7. The molecule has 9 heteroatoms. The number of nitrogens with one attached hydrogen (secondary N) is 1. The second-order valence-electron chi connectivity index (χ2n) is 10.1. The summed E-state index contributed by atoms with van der Waals surface area (Å²) in [5.41, 5.74) is 5.30. The van der Waals surface area contributed by atoms with Gasteiger partial charge in [0.05, 0.1) is 17.9 Å². The third-order valence-corrected chi connectivity index (χ3v) is 7.78. The van der Waals surface area contributed by atoms with Gasteiger partial charge in [0.1, 0.15) is 29.5 Å². The molecule has 37 heavy (non-hydrogen) atoms. The number of pyridine rings is 2. The van der Waals surface area contributed by atoms with E-state index < -0.39 is 0 Å². The molecule has 7 rings (SSSR count). The van der Waals surface area contributed by atoms with Gasteiger partial charge in [-0.15, -0.1) is 0 Å². The molecule has 1 N–H and O–H groups in total. The van der Waals surface area contributed by atoms with Gasteiger partial charge in [0.25, 0.3) is 0 Å². The van der Waals surface area contributed by atoms with Crippen molar-refractivity contribution in [3.05, 3.63) is 48.3 Å². The molecule has 0 bridgehead atoms. The minimum atomic E-state index is -0.185. The van der Waals surface area contributed by atoms with Crippen molar-refractivity contribution in [1.82, 2.24) is 9.97 Å². The average Bonchev–Trinajstić information content (AvgIpc) is 3.50. The molecule has 9 nitrogen and oxygen atoms in total. The smallest absolute Gasteiger partial charge is 0.238 e. The van der Waals surface area contributed by atoms with E-state index in [0.717, 1.165) is 53.2 Å². The van der Waals surface area contributed by atoms with Crippen molar-refractivity contribution < 1.29 is 19.1 Å². The molecule has 3 atom stereocenters. The first-order chi connectivity index (χ1) is 18.0. The van der Waals surface area contributed by atoms with Crippen molar-refractivity contribution in [1.29, 1.82) is 0 Å². The summed E-state index contributed by atoms with van der Waals surface area (Å²) >= 11 is 0. The lowest BCUT2D eigenvalue weighted by molar-refractivity contribution is -0.118. The largest absolute Gasteiger partial charge is 0.485 e. The standard InChI is InChI=1S/C28H27N5O4/c1-15-20-12-25(31-17-10-23-28(30-13-17)37-16(2)22-7-8-27(35)33(22)23)29-14-21(20)19-6-5-18(11-24(19)36-15)32-9-3-4-26(32)34/h5-6,10-16,22H,3-4,7-9H2,1-2H3,(H,29,31)/t15-,16?,22-/m0/s1. The zero-order chi connectivity index (χ0) is 25.3. The molecule has 0 radical (unpaired) electrons. The zero-order valence-electron chi connectivity index (χ0n) is 20.7. The Morgan fingerprint density at radius 2 is 1.86 bits per heavy atom. The topological polar surface area (TPSA) is 96.9 Å². The lowest BCUT2D eigenvalue weighted by Crippen LogP contribution is -2.46. The third kappa shape index (κ3) is 3.52.